The fraction of sp³-hybridized carbons (Fsp3) is 0.429. The van der Waals surface area contributed by atoms with E-state index in [9.17, 15) is 0 Å². The second-order valence-electron chi connectivity index (χ2n) is 4.34. The lowest BCUT2D eigenvalue weighted by molar-refractivity contribution is 0.310. The van der Waals surface area contributed by atoms with Gasteiger partial charge in [0.2, 0.25) is 0 Å². The number of halogens is 1. The minimum absolute atomic E-state index is 0.573. The molecule has 0 aliphatic carbocycles. The maximum Gasteiger partial charge on any atom is 0.183 e. The van der Waals surface area contributed by atoms with Gasteiger partial charge in [0.25, 0.3) is 0 Å². The van der Waals surface area contributed by atoms with Gasteiger partial charge in [0.15, 0.2) is 16.7 Å². The molecule has 0 fully saturated rings. The number of benzene rings is 1. The minimum Gasteiger partial charge on any atom is -0.493 e. The number of thioether (sulfide) groups is 1. The van der Waals surface area contributed by atoms with Gasteiger partial charge in [-0.05, 0) is 18.6 Å². The number of aromatic amines is 1. The molecule has 1 aromatic carbocycles. The van der Waals surface area contributed by atoms with Crippen LogP contribution >= 0.6 is 23.4 Å². The van der Waals surface area contributed by atoms with Gasteiger partial charge in [0.05, 0.1) is 13.7 Å². The summed E-state index contributed by atoms with van der Waals surface area (Å²) >= 11 is 7.90. The number of hydrogen-bond donors (Lipinski definition) is 2. The third-order valence-corrected chi connectivity index (χ3v) is 4.09. The molecular formula is C14H19ClN4O2S. The van der Waals surface area contributed by atoms with Gasteiger partial charge < -0.3 is 14.8 Å². The highest BCUT2D eigenvalue weighted by Crippen LogP contribution is 2.33. The maximum absolute atomic E-state index is 6.28. The molecule has 6 nitrogen and oxygen atoms in total. The van der Waals surface area contributed by atoms with Gasteiger partial charge in [-0.25, -0.2) is 4.98 Å². The summed E-state index contributed by atoms with van der Waals surface area (Å²) in [7, 11) is 1.62. The monoisotopic (exact) mass is 342 g/mol. The number of aromatic nitrogens is 3. The summed E-state index contributed by atoms with van der Waals surface area (Å²) in [5, 5.41) is 11.4. The van der Waals surface area contributed by atoms with Crippen molar-refractivity contribution in [2.24, 2.45) is 0 Å². The topological polar surface area (TPSA) is 72.1 Å². The van der Waals surface area contributed by atoms with Crippen LogP contribution in [0.1, 0.15) is 12.5 Å². The molecule has 0 aliphatic heterocycles. The average Bonchev–Trinajstić information content (AvgIpc) is 3.02. The molecule has 0 saturated heterocycles. The van der Waals surface area contributed by atoms with Gasteiger partial charge in [-0.2, -0.15) is 5.10 Å². The number of methoxy groups -OCH3 is 1. The van der Waals surface area contributed by atoms with E-state index in [0.29, 0.717) is 29.7 Å². The van der Waals surface area contributed by atoms with E-state index in [-0.39, 0.29) is 0 Å². The fourth-order valence-corrected chi connectivity index (χ4v) is 2.75. The Bertz CT molecular complexity index is 580. The molecule has 1 heterocycles. The third kappa shape index (κ3) is 4.79. The molecule has 0 radical (unpaired) electrons. The normalized spacial score (nSPS) is 10.7. The molecule has 0 bridgehead atoms. The molecular weight excluding hydrogens is 324 g/mol. The molecule has 0 spiro atoms. The molecule has 0 atom stereocenters. The smallest absolute Gasteiger partial charge is 0.183 e. The summed E-state index contributed by atoms with van der Waals surface area (Å²) in [4.78, 5) is 4.05. The first-order chi connectivity index (χ1) is 10.7. The summed E-state index contributed by atoms with van der Waals surface area (Å²) in [5.41, 5.74) is 0.978. The molecule has 0 aliphatic rings. The number of ether oxygens (including phenoxy) is 2. The van der Waals surface area contributed by atoms with Gasteiger partial charge in [-0.15, -0.1) is 0 Å². The van der Waals surface area contributed by atoms with E-state index in [4.69, 9.17) is 21.1 Å². The third-order valence-electron chi connectivity index (χ3n) is 2.86. The van der Waals surface area contributed by atoms with Gasteiger partial charge in [0.1, 0.15) is 6.33 Å². The SMILES string of the molecule is CCOc1cc(Cl)c(CNCCSc2ncn[nH]2)cc1OC. The Balaban J connectivity index is 1.84. The first-order valence-corrected chi connectivity index (χ1v) is 8.29. The highest BCUT2D eigenvalue weighted by Gasteiger charge is 2.10. The van der Waals surface area contributed by atoms with Crippen molar-refractivity contribution in [2.75, 3.05) is 26.0 Å². The quantitative estimate of drug-likeness (QED) is 0.539. The Morgan fingerprint density at radius 1 is 1.36 bits per heavy atom. The molecule has 2 N–H and O–H groups in total. The molecule has 0 unspecified atom stereocenters. The minimum atomic E-state index is 0.573. The van der Waals surface area contributed by atoms with Crippen LogP contribution in [0.4, 0.5) is 0 Å². The molecule has 0 amide bonds. The summed E-state index contributed by atoms with van der Waals surface area (Å²) < 4.78 is 10.8. The van der Waals surface area contributed by atoms with E-state index in [1.165, 1.54) is 6.33 Å². The fourth-order valence-electron chi connectivity index (χ4n) is 1.85. The van der Waals surface area contributed by atoms with Crippen LogP contribution < -0.4 is 14.8 Å². The zero-order chi connectivity index (χ0) is 15.8. The highest BCUT2D eigenvalue weighted by atomic mass is 35.5. The van der Waals surface area contributed by atoms with Crippen LogP contribution in [0.15, 0.2) is 23.6 Å². The highest BCUT2D eigenvalue weighted by molar-refractivity contribution is 7.99. The van der Waals surface area contributed by atoms with Crippen LogP contribution in [0, 0.1) is 0 Å². The summed E-state index contributed by atoms with van der Waals surface area (Å²) in [6.45, 7) is 3.99. The van der Waals surface area contributed by atoms with E-state index in [1.807, 2.05) is 13.0 Å². The Kier molecular flexibility index (Phi) is 6.82. The molecule has 0 saturated carbocycles. The lowest BCUT2D eigenvalue weighted by Crippen LogP contribution is -2.17. The van der Waals surface area contributed by atoms with Crippen molar-refractivity contribution in [2.45, 2.75) is 18.6 Å². The van der Waals surface area contributed by atoms with E-state index in [1.54, 1.807) is 24.9 Å². The maximum atomic E-state index is 6.28. The zero-order valence-corrected chi connectivity index (χ0v) is 14.1. The predicted octanol–water partition coefficient (Wildman–Crippen LogP) is 2.75. The van der Waals surface area contributed by atoms with Crippen molar-refractivity contribution in [1.29, 1.82) is 0 Å². The number of H-pyrrole nitrogens is 1. The summed E-state index contributed by atoms with van der Waals surface area (Å²) in [5.74, 6) is 2.25. The molecule has 1 aromatic heterocycles. The molecule has 22 heavy (non-hydrogen) atoms. The molecule has 8 heteroatoms. The Hall–Kier alpha value is -1.44. The molecule has 120 valence electrons. The number of hydrogen-bond acceptors (Lipinski definition) is 6. The van der Waals surface area contributed by atoms with E-state index < -0.39 is 0 Å². The van der Waals surface area contributed by atoms with Gasteiger partial charge in [0, 0.05) is 29.9 Å². The van der Waals surface area contributed by atoms with Crippen LogP contribution in [-0.2, 0) is 6.54 Å². The second-order valence-corrected chi connectivity index (χ2v) is 5.83. The van der Waals surface area contributed by atoms with Crippen molar-refractivity contribution in [3.8, 4) is 11.5 Å². The van der Waals surface area contributed by atoms with Crippen molar-refractivity contribution >= 4 is 23.4 Å². The van der Waals surface area contributed by atoms with Crippen molar-refractivity contribution in [3.05, 3.63) is 29.0 Å². The Labute approximate surface area is 138 Å². The predicted molar refractivity (Wildman–Crippen MR) is 88.0 cm³/mol. The van der Waals surface area contributed by atoms with E-state index in [0.717, 1.165) is 23.0 Å². The van der Waals surface area contributed by atoms with Crippen LogP contribution in [0.25, 0.3) is 0 Å². The van der Waals surface area contributed by atoms with E-state index >= 15 is 0 Å². The van der Waals surface area contributed by atoms with Crippen molar-refractivity contribution in [3.63, 3.8) is 0 Å². The van der Waals surface area contributed by atoms with Gasteiger partial charge in [-0.3, -0.25) is 5.10 Å². The lowest BCUT2D eigenvalue weighted by atomic mass is 10.2. The lowest BCUT2D eigenvalue weighted by Gasteiger charge is -2.13. The summed E-state index contributed by atoms with van der Waals surface area (Å²) in [6.07, 6.45) is 1.50. The van der Waals surface area contributed by atoms with Crippen LogP contribution in [0.3, 0.4) is 0 Å². The van der Waals surface area contributed by atoms with Crippen LogP contribution in [0.2, 0.25) is 5.02 Å². The van der Waals surface area contributed by atoms with Gasteiger partial charge >= 0.3 is 0 Å². The first kappa shape index (κ1) is 16.9. The van der Waals surface area contributed by atoms with Crippen molar-refractivity contribution < 1.29 is 9.47 Å². The van der Waals surface area contributed by atoms with Crippen LogP contribution in [0.5, 0.6) is 11.5 Å². The number of nitrogens with one attached hydrogen (secondary N) is 2. The molecule has 2 aromatic rings. The standard InChI is InChI=1S/C14H19ClN4O2S/c1-3-21-13-7-11(15)10(6-12(13)20-2)8-16-4-5-22-14-17-9-18-19-14/h6-7,9,16H,3-5,8H2,1-2H3,(H,17,18,19). The largest absolute Gasteiger partial charge is 0.493 e. The molecule has 2 rings (SSSR count). The van der Waals surface area contributed by atoms with E-state index in [2.05, 4.69) is 20.5 Å². The van der Waals surface area contributed by atoms with Crippen molar-refractivity contribution in [1.82, 2.24) is 20.5 Å². The van der Waals surface area contributed by atoms with Gasteiger partial charge in [-0.1, -0.05) is 23.4 Å². The first-order valence-electron chi connectivity index (χ1n) is 6.92. The number of rotatable bonds is 9. The average molecular weight is 343 g/mol. The Morgan fingerprint density at radius 2 is 2.23 bits per heavy atom. The summed E-state index contributed by atoms with van der Waals surface area (Å²) in [6, 6.07) is 3.70. The number of nitrogens with zero attached hydrogens (tertiary/aromatic N) is 2. The van der Waals surface area contributed by atoms with Crippen LogP contribution in [-0.4, -0.2) is 41.2 Å². The Morgan fingerprint density at radius 3 is 2.91 bits per heavy atom. The zero-order valence-electron chi connectivity index (χ0n) is 12.6. The second kappa shape index (κ2) is 8.87.